The molecule has 1 heterocycles. The largest absolute Gasteiger partial charge is 0.462 e. The zero-order valence-electron chi connectivity index (χ0n) is 15.3. The number of ketones is 1. The van der Waals surface area contributed by atoms with Gasteiger partial charge in [-0.05, 0) is 49.4 Å². The minimum Gasteiger partial charge on any atom is -0.462 e. The highest BCUT2D eigenvalue weighted by molar-refractivity contribution is 6.25. The lowest BCUT2D eigenvalue weighted by Crippen LogP contribution is -2.35. The monoisotopic (exact) mass is 387 g/mol. The van der Waals surface area contributed by atoms with Crippen LogP contribution in [0.15, 0.2) is 54.4 Å². The Hall–Kier alpha value is -2.76. The quantitative estimate of drug-likeness (QED) is 0.787. The van der Waals surface area contributed by atoms with Crippen LogP contribution >= 0.6 is 0 Å². The lowest BCUT2D eigenvalue weighted by molar-refractivity contribution is -0.137. The highest BCUT2D eigenvalue weighted by atomic mass is 19.4. The second-order valence-corrected chi connectivity index (χ2v) is 7.27. The predicted molar refractivity (Wildman–Crippen MR) is 99.2 cm³/mol. The third-order valence-corrected chi connectivity index (χ3v) is 5.34. The van der Waals surface area contributed by atoms with Gasteiger partial charge in [0, 0.05) is 11.6 Å². The van der Waals surface area contributed by atoms with Crippen molar-refractivity contribution in [3.05, 3.63) is 76.7 Å². The molecule has 2 aromatic carbocycles. The van der Waals surface area contributed by atoms with Crippen molar-refractivity contribution in [3.63, 3.8) is 0 Å². The van der Waals surface area contributed by atoms with Crippen LogP contribution in [0.2, 0.25) is 0 Å². The first kappa shape index (κ1) is 18.6. The summed E-state index contributed by atoms with van der Waals surface area (Å²) in [6, 6.07) is 12.4. The van der Waals surface area contributed by atoms with Gasteiger partial charge in [-0.15, -0.1) is 0 Å². The molecule has 28 heavy (non-hydrogen) atoms. The SMILES string of the molecule is Cc1ccccc1C1OC(NC2CCC2)=C(c2cccc(C(F)(F)F)c2)C1=O. The van der Waals surface area contributed by atoms with Crippen molar-refractivity contribution in [1.82, 2.24) is 5.32 Å². The first-order chi connectivity index (χ1) is 13.3. The number of hydrogen-bond acceptors (Lipinski definition) is 3. The van der Waals surface area contributed by atoms with Crippen LogP contribution in [0.25, 0.3) is 5.57 Å². The number of halogens is 3. The fraction of sp³-hybridized carbons (Fsp3) is 0.318. The fourth-order valence-corrected chi connectivity index (χ4v) is 3.53. The maximum atomic E-state index is 13.2. The average Bonchev–Trinajstić information content (AvgIpc) is 2.94. The van der Waals surface area contributed by atoms with Crippen LogP contribution in [0.4, 0.5) is 13.2 Å². The molecule has 6 heteroatoms. The standard InChI is InChI=1S/C22H20F3NO2/c1-13-6-2-3-11-17(13)20-19(27)18(21(28-20)26-16-9-5-10-16)14-7-4-8-15(12-14)22(23,24)25/h2-4,6-8,11-12,16,20,26H,5,9-10H2,1H3. The van der Waals surface area contributed by atoms with E-state index in [1.54, 1.807) is 0 Å². The van der Waals surface area contributed by atoms with Crippen molar-refractivity contribution in [2.24, 2.45) is 0 Å². The van der Waals surface area contributed by atoms with Gasteiger partial charge < -0.3 is 10.1 Å². The second kappa shape index (κ2) is 7.00. The molecule has 1 unspecified atom stereocenters. The molecule has 0 radical (unpaired) electrons. The number of carbonyl (C=O) groups excluding carboxylic acids is 1. The van der Waals surface area contributed by atoms with Crippen molar-refractivity contribution in [2.75, 3.05) is 0 Å². The van der Waals surface area contributed by atoms with Gasteiger partial charge >= 0.3 is 6.18 Å². The number of benzene rings is 2. The maximum Gasteiger partial charge on any atom is 0.416 e. The molecular formula is C22H20F3NO2. The number of nitrogens with one attached hydrogen (secondary N) is 1. The zero-order chi connectivity index (χ0) is 19.9. The Labute approximate surface area is 161 Å². The Morgan fingerprint density at radius 1 is 1.07 bits per heavy atom. The summed E-state index contributed by atoms with van der Waals surface area (Å²) in [5, 5.41) is 3.23. The number of Topliss-reactive ketones (excluding diaryl/α,β-unsaturated/α-hetero) is 1. The first-order valence-electron chi connectivity index (χ1n) is 9.29. The Balaban J connectivity index is 1.75. The number of ether oxygens (including phenoxy) is 1. The summed E-state index contributed by atoms with van der Waals surface area (Å²) in [7, 11) is 0. The summed E-state index contributed by atoms with van der Waals surface area (Å²) in [5.74, 6) is -0.0438. The van der Waals surface area contributed by atoms with Gasteiger partial charge in [-0.25, -0.2) is 0 Å². The van der Waals surface area contributed by atoms with Gasteiger partial charge in [-0.1, -0.05) is 36.4 Å². The molecule has 4 rings (SSSR count). The average molecular weight is 387 g/mol. The third kappa shape index (κ3) is 3.39. The molecular weight excluding hydrogens is 367 g/mol. The Bertz CT molecular complexity index is 945. The molecule has 0 saturated heterocycles. The van der Waals surface area contributed by atoms with E-state index in [-0.39, 0.29) is 28.8 Å². The van der Waals surface area contributed by atoms with Gasteiger partial charge in [0.1, 0.15) is 0 Å². The molecule has 2 aromatic rings. The van der Waals surface area contributed by atoms with Crippen molar-refractivity contribution in [1.29, 1.82) is 0 Å². The van der Waals surface area contributed by atoms with E-state index in [2.05, 4.69) is 5.32 Å². The number of carbonyl (C=O) groups is 1. The summed E-state index contributed by atoms with van der Waals surface area (Å²) in [4.78, 5) is 13.2. The lowest BCUT2D eigenvalue weighted by atomic mass is 9.92. The zero-order valence-corrected chi connectivity index (χ0v) is 15.3. The number of aryl methyl sites for hydroxylation is 1. The summed E-state index contributed by atoms with van der Waals surface area (Å²) in [6.45, 7) is 1.88. The summed E-state index contributed by atoms with van der Waals surface area (Å²) in [6.07, 6.45) is -2.35. The van der Waals surface area contributed by atoms with Crippen molar-refractivity contribution < 1.29 is 22.7 Å². The highest BCUT2D eigenvalue weighted by Crippen LogP contribution is 2.40. The topological polar surface area (TPSA) is 38.3 Å². The first-order valence-corrected chi connectivity index (χ1v) is 9.29. The van der Waals surface area contributed by atoms with Crippen LogP contribution in [0, 0.1) is 6.92 Å². The highest BCUT2D eigenvalue weighted by Gasteiger charge is 2.40. The number of hydrogen-bond donors (Lipinski definition) is 1. The molecule has 3 nitrogen and oxygen atoms in total. The van der Waals surface area contributed by atoms with Gasteiger partial charge in [0.05, 0.1) is 11.1 Å². The summed E-state index contributed by atoms with van der Waals surface area (Å²) < 4.78 is 45.5. The third-order valence-electron chi connectivity index (χ3n) is 5.34. The fourth-order valence-electron chi connectivity index (χ4n) is 3.53. The van der Waals surface area contributed by atoms with Crippen LogP contribution < -0.4 is 5.32 Å². The van der Waals surface area contributed by atoms with E-state index in [1.807, 2.05) is 31.2 Å². The number of alkyl halides is 3. The van der Waals surface area contributed by atoms with Gasteiger partial charge in [0.2, 0.25) is 5.78 Å². The molecule has 0 bridgehead atoms. The van der Waals surface area contributed by atoms with E-state index >= 15 is 0 Å². The van der Waals surface area contributed by atoms with Crippen LogP contribution in [-0.2, 0) is 15.7 Å². The Morgan fingerprint density at radius 2 is 1.82 bits per heavy atom. The molecule has 1 aliphatic heterocycles. The van der Waals surface area contributed by atoms with E-state index in [4.69, 9.17) is 4.74 Å². The van der Waals surface area contributed by atoms with Crippen molar-refractivity contribution >= 4 is 11.4 Å². The maximum absolute atomic E-state index is 13.2. The molecule has 1 fully saturated rings. The van der Waals surface area contributed by atoms with Gasteiger partial charge in [-0.3, -0.25) is 4.79 Å². The molecule has 1 atom stereocenters. The second-order valence-electron chi connectivity index (χ2n) is 7.27. The minimum absolute atomic E-state index is 0.180. The van der Waals surface area contributed by atoms with Crippen molar-refractivity contribution in [2.45, 2.75) is 44.5 Å². The van der Waals surface area contributed by atoms with Crippen LogP contribution in [-0.4, -0.2) is 11.8 Å². The van der Waals surface area contributed by atoms with E-state index in [0.717, 1.165) is 42.5 Å². The van der Waals surface area contributed by atoms with Crippen LogP contribution in [0.5, 0.6) is 0 Å². The normalized spacial score (nSPS) is 20.1. The predicted octanol–water partition coefficient (Wildman–Crippen LogP) is 5.17. The van der Waals surface area contributed by atoms with Gasteiger partial charge in [0.25, 0.3) is 0 Å². The van der Waals surface area contributed by atoms with E-state index in [1.165, 1.54) is 12.1 Å². The summed E-state index contributed by atoms with van der Waals surface area (Å²) in [5.41, 5.74) is 1.24. The number of rotatable bonds is 4. The minimum atomic E-state index is -4.48. The van der Waals surface area contributed by atoms with Crippen molar-refractivity contribution in [3.8, 4) is 0 Å². The lowest BCUT2D eigenvalue weighted by Gasteiger charge is -2.28. The molecule has 146 valence electrons. The van der Waals surface area contributed by atoms with E-state index in [9.17, 15) is 18.0 Å². The smallest absolute Gasteiger partial charge is 0.416 e. The van der Waals surface area contributed by atoms with Crippen LogP contribution in [0.3, 0.4) is 0 Å². The molecule has 0 amide bonds. The molecule has 1 aliphatic carbocycles. The van der Waals surface area contributed by atoms with E-state index in [0.29, 0.717) is 0 Å². The van der Waals surface area contributed by atoms with E-state index < -0.39 is 17.8 Å². The molecule has 1 N–H and O–H groups in total. The molecule has 0 spiro atoms. The van der Waals surface area contributed by atoms with Gasteiger partial charge in [0.15, 0.2) is 12.0 Å². The Kier molecular flexibility index (Phi) is 4.65. The molecule has 1 saturated carbocycles. The van der Waals surface area contributed by atoms with Gasteiger partial charge in [-0.2, -0.15) is 13.2 Å². The molecule has 2 aliphatic rings. The summed E-state index contributed by atoms with van der Waals surface area (Å²) >= 11 is 0. The van der Waals surface area contributed by atoms with Crippen LogP contribution in [0.1, 0.15) is 47.6 Å². The Morgan fingerprint density at radius 3 is 2.46 bits per heavy atom. The molecule has 0 aromatic heterocycles.